The first kappa shape index (κ1) is 11.8. The van der Waals surface area contributed by atoms with Crippen molar-refractivity contribution >= 4 is 12.1 Å². The summed E-state index contributed by atoms with van der Waals surface area (Å²) in [5.41, 5.74) is -1.08. The molecular formula is C10H17NO4. The second-order valence-corrected chi connectivity index (χ2v) is 3.99. The zero-order valence-electron chi connectivity index (χ0n) is 9.08. The van der Waals surface area contributed by atoms with Crippen molar-refractivity contribution in [1.29, 1.82) is 0 Å². The van der Waals surface area contributed by atoms with Gasteiger partial charge in [0.1, 0.15) is 11.6 Å². The van der Waals surface area contributed by atoms with Crippen LogP contribution in [0.2, 0.25) is 0 Å². The molecule has 15 heavy (non-hydrogen) atoms. The average molecular weight is 215 g/mol. The zero-order chi connectivity index (χ0) is 11.5. The van der Waals surface area contributed by atoms with Crippen LogP contribution in [0.4, 0.5) is 4.79 Å². The summed E-state index contributed by atoms with van der Waals surface area (Å²) in [6.07, 6.45) is 1.70. The molecule has 0 aliphatic heterocycles. The van der Waals surface area contributed by atoms with Crippen LogP contribution in [0.15, 0.2) is 0 Å². The van der Waals surface area contributed by atoms with E-state index in [0.717, 1.165) is 6.42 Å². The van der Waals surface area contributed by atoms with Gasteiger partial charge in [-0.2, -0.15) is 0 Å². The van der Waals surface area contributed by atoms with Gasteiger partial charge in [-0.15, -0.1) is 0 Å². The van der Waals surface area contributed by atoms with E-state index in [9.17, 15) is 9.59 Å². The van der Waals surface area contributed by atoms with E-state index in [2.05, 4.69) is 5.32 Å². The van der Waals surface area contributed by atoms with Crippen LogP contribution in [0.25, 0.3) is 0 Å². The lowest BCUT2D eigenvalue weighted by Gasteiger charge is -2.37. The lowest BCUT2D eigenvalue weighted by molar-refractivity contribution is -0.148. The molecule has 1 atom stereocenters. The largest absolute Gasteiger partial charge is 0.480 e. The van der Waals surface area contributed by atoms with Crippen LogP contribution in [0.3, 0.4) is 0 Å². The molecule has 1 fully saturated rings. The molecule has 1 rings (SSSR count). The van der Waals surface area contributed by atoms with Crippen molar-refractivity contribution in [1.82, 2.24) is 5.32 Å². The van der Waals surface area contributed by atoms with E-state index in [4.69, 9.17) is 9.84 Å². The minimum absolute atomic E-state index is 0.184. The third kappa shape index (κ3) is 2.61. The molecule has 1 aliphatic rings. The number of alkyl carbamates (subject to hydrolysis) is 1. The maximum Gasteiger partial charge on any atom is 0.408 e. The first-order chi connectivity index (χ1) is 7.00. The lowest BCUT2D eigenvalue weighted by Crippen LogP contribution is -2.59. The second kappa shape index (κ2) is 4.51. The van der Waals surface area contributed by atoms with Crippen molar-refractivity contribution in [2.45, 2.75) is 51.2 Å². The van der Waals surface area contributed by atoms with Crippen molar-refractivity contribution in [3.05, 3.63) is 0 Å². The molecule has 86 valence electrons. The Morgan fingerprint density at radius 3 is 2.47 bits per heavy atom. The molecule has 1 unspecified atom stereocenters. The molecule has 0 aromatic rings. The van der Waals surface area contributed by atoms with E-state index >= 15 is 0 Å². The Hall–Kier alpha value is -1.26. The molecule has 2 N–H and O–H groups in total. The molecule has 5 nitrogen and oxygen atoms in total. The number of nitrogens with one attached hydrogen (secondary N) is 1. The molecule has 1 amide bonds. The van der Waals surface area contributed by atoms with Crippen molar-refractivity contribution < 1.29 is 19.4 Å². The SMILES string of the molecule is CCC(C)OC(=O)NC1(C(=O)O)CCC1. The highest BCUT2D eigenvalue weighted by Gasteiger charge is 2.46. The van der Waals surface area contributed by atoms with Crippen molar-refractivity contribution in [3.8, 4) is 0 Å². The predicted octanol–water partition coefficient (Wildman–Crippen LogP) is 1.52. The van der Waals surface area contributed by atoms with Gasteiger partial charge >= 0.3 is 12.1 Å². The van der Waals surface area contributed by atoms with Crippen LogP contribution < -0.4 is 5.32 Å². The zero-order valence-corrected chi connectivity index (χ0v) is 9.08. The molecular weight excluding hydrogens is 198 g/mol. The highest BCUT2D eigenvalue weighted by atomic mass is 16.6. The maximum atomic E-state index is 11.3. The number of hydrogen-bond acceptors (Lipinski definition) is 3. The molecule has 0 bridgehead atoms. The van der Waals surface area contributed by atoms with Crippen LogP contribution in [-0.2, 0) is 9.53 Å². The average Bonchev–Trinajstić information content (AvgIpc) is 2.10. The standard InChI is InChI=1S/C10H17NO4/c1-3-7(2)15-9(14)11-10(8(12)13)5-4-6-10/h7H,3-6H2,1-2H3,(H,11,14)(H,12,13). The number of carboxylic acid groups (broad SMARTS) is 1. The second-order valence-electron chi connectivity index (χ2n) is 3.99. The van der Waals surface area contributed by atoms with Gasteiger partial charge in [0.05, 0.1) is 0 Å². The number of carboxylic acids is 1. The van der Waals surface area contributed by atoms with Crippen LogP contribution in [0, 0.1) is 0 Å². The predicted molar refractivity (Wildman–Crippen MR) is 53.6 cm³/mol. The van der Waals surface area contributed by atoms with E-state index in [1.165, 1.54) is 0 Å². The number of aliphatic carboxylic acids is 1. The molecule has 1 aliphatic carbocycles. The molecule has 0 saturated heterocycles. The summed E-state index contributed by atoms with van der Waals surface area (Å²) < 4.78 is 4.97. The Kier molecular flexibility index (Phi) is 3.55. The fraction of sp³-hybridized carbons (Fsp3) is 0.800. The van der Waals surface area contributed by atoms with E-state index in [-0.39, 0.29) is 6.10 Å². The van der Waals surface area contributed by atoms with E-state index in [1.807, 2.05) is 6.92 Å². The summed E-state index contributed by atoms with van der Waals surface area (Å²) in [5.74, 6) is -0.977. The number of rotatable bonds is 4. The van der Waals surface area contributed by atoms with Crippen LogP contribution in [0.5, 0.6) is 0 Å². The summed E-state index contributed by atoms with van der Waals surface area (Å²) in [4.78, 5) is 22.3. The number of carbonyl (C=O) groups is 2. The van der Waals surface area contributed by atoms with Crippen LogP contribution in [-0.4, -0.2) is 28.8 Å². The third-order valence-electron chi connectivity index (χ3n) is 2.84. The summed E-state index contributed by atoms with van der Waals surface area (Å²) >= 11 is 0. The highest BCUT2D eigenvalue weighted by molar-refractivity contribution is 5.85. The van der Waals surface area contributed by atoms with Gasteiger partial charge in [0, 0.05) is 0 Å². The Bertz CT molecular complexity index is 260. The Balaban J connectivity index is 2.46. The van der Waals surface area contributed by atoms with E-state index in [0.29, 0.717) is 19.3 Å². The first-order valence-corrected chi connectivity index (χ1v) is 5.22. The number of amides is 1. The van der Waals surface area contributed by atoms with Crippen molar-refractivity contribution in [2.24, 2.45) is 0 Å². The molecule has 0 spiro atoms. The van der Waals surface area contributed by atoms with Crippen molar-refractivity contribution in [2.75, 3.05) is 0 Å². The number of hydrogen-bond donors (Lipinski definition) is 2. The lowest BCUT2D eigenvalue weighted by atomic mass is 9.77. The van der Waals surface area contributed by atoms with E-state index in [1.54, 1.807) is 6.92 Å². The molecule has 0 aromatic carbocycles. The molecule has 0 aromatic heterocycles. The summed E-state index contributed by atoms with van der Waals surface area (Å²) in [5, 5.41) is 11.4. The first-order valence-electron chi connectivity index (χ1n) is 5.22. The number of carbonyl (C=O) groups excluding carboxylic acids is 1. The monoisotopic (exact) mass is 215 g/mol. The minimum Gasteiger partial charge on any atom is -0.480 e. The van der Waals surface area contributed by atoms with Crippen LogP contribution >= 0.6 is 0 Å². The summed E-state index contributed by atoms with van der Waals surface area (Å²) in [6.45, 7) is 3.67. The van der Waals surface area contributed by atoms with Crippen LogP contribution in [0.1, 0.15) is 39.5 Å². The third-order valence-corrected chi connectivity index (χ3v) is 2.84. The van der Waals surface area contributed by atoms with Gasteiger partial charge in [0.2, 0.25) is 0 Å². The van der Waals surface area contributed by atoms with E-state index < -0.39 is 17.6 Å². The van der Waals surface area contributed by atoms with Gasteiger partial charge in [0.15, 0.2) is 0 Å². The van der Waals surface area contributed by atoms with Gasteiger partial charge in [-0.1, -0.05) is 6.92 Å². The maximum absolute atomic E-state index is 11.3. The van der Waals surface area contributed by atoms with Crippen molar-refractivity contribution in [3.63, 3.8) is 0 Å². The Morgan fingerprint density at radius 2 is 2.13 bits per heavy atom. The molecule has 0 radical (unpaired) electrons. The molecule has 5 heteroatoms. The fourth-order valence-electron chi connectivity index (χ4n) is 1.41. The van der Waals surface area contributed by atoms with Gasteiger partial charge in [-0.25, -0.2) is 9.59 Å². The van der Waals surface area contributed by atoms with Gasteiger partial charge in [0.25, 0.3) is 0 Å². The highest BCUT2D eigenvalue weighted by Crippen LogP contribution is 2.32. The van der Waals surface area contributed by atoms with Gasteiger partial charge < -0.3 is 15.2 Å². The minimum atomic E-state index is -1.08. The Labute approximate surface area is 88.8 Å². The number of ether oxygens (including phenoxy) is 1. The Morgan fingerprint density at radius 1 is 1.53 bits per heavy atom. The smallest absolute Gasteiger partial charge is 0.408 e. The normalized spacial score (nSPS) is 19.9. The fourth-order valence-corrected chi connectivity index (χ4v) is 1.41. The van der Waals surface area contributed by atoms with Gasteiger partial charge in [-0.3, -0.25) is 0 Å². The summed E-state index contributed by atoms with van der Waals surface area (Å²) in [7, 11) is 0. The topological polar surface area (TPSA) is 75.6 Å². The molecule has 0 heterocycles. The quantitative estimate of drug-likeness (QED) is 0.745. The molecule has 1 saturated carbocycles. The summed E-state index contributed by atoms with van der Waals surface area (Å²) in [6, 6.07) is 0. The van der Waals surface area contributed by atoms with Gasteiger partial charge in [-0.05, 0) is 32.6 Å².